The van der Waals surface area contributed by atoms with Gasteiger partial charge in [0.25, 0.3) is 0 Å². The molecule has 2 amide bonds. The Morgan fingerprint density at radius 1 is 1.36 bits per heavy atom. The predicted molar refractivity (Wildman–Crippen MR) is 89.8 cm³/mol. The van der Waals surface area contributed by atoms with Crippen LogP contribution in [-0.4, -0.2) is 38.1 Å². The molecule has 0 bridgehead atoms. The minimum atomic E-state index is -0.0491. The number of rotatable bonds is 3. The average Bonchev–Trinajstić information content (AvgIpc) is 3.27. The molecule has 0 radical (unpaired) electrons. The van der Waals surface area contributed by atoms with E-state index in [1.54, 1.807) is 29.3 Å². The normalized spacial score (nSPS) is 25.8. The zero-order chi connectivity index (χ0) is 17.3. The highest BCUT2D eigenvalue weighted by molar-refractivity contribution is 5.94. The lowest BCUT2D eigenvalue weighted by Gasteiger charge is -2.35. The maximum absolute atomic E-state index is 12.7. The number of nitrogens with zero attached hydrogens (tertiary/aromatic N) is 4. The Morgan fingerprint density at radius 2 is 2.20 bits per heavy atom. The fraction of sp³-hybridized carbons (Fsp3) is 0.471. The molecule has 2 fully saturated rings. The Balaban J connectivity index is 1.43. The minimum absolute atomic E-state index is 0.0182. The molecule has 1 aliphatic heterocycles. The Morgan fingerprint density at radius 3 is 2.88 bits per heavy atom. The van der Waals surface area contributed by atoms with Crippen LogP contribution in [-0.2, 0) is 9.59 Å². The van der Waals surface area contributed by atoms with Crippen LogP contribution in [0.25, 0.3) is 5.82 Å². The molecule has 1 saturated carbocycles. The topological polar surface area (TPSA) is 102 Å². The fourth-order valence-electron chi connectivity index (χ4n) is 3.82. The number of hydrogen-bond donors (Lipinski definition) is 2. The van der Waals surface area contributed by atoms with E-state index in [9.17, 15) is 9.59 Å². The monoisotopic (exact) mass is 340 g/mol. The summed E-state index contributed by atoms with van der Waals surface area (Å²) in [5.74, 6) is 0.613. The van der Waals surface area contributed by atoms with Crippen LogP contribution in [0.1, 0.15) is 32.1 Å². The highest BCUT2D eigenvalue weighted by Crippen LogP contribution is 2.43. The third-order valence-electron chi connectivity index (χ3n) is 5.28. The summed E-state index contributed by atoms with van der Waals surface area (Å²) in [6.07, 6.45) is 10.4. The van der Waals surface area contributed by atoms with Crippen LogP contribution in [0.3, 0.4) is 0 Å². The van der Waals surface area contributed by atoms with Crippen LogP contribution < -0.4 is 10.6 Å². The van der Waals surface area contributed by atoms with Gasteiger partial charge in [-0.2, -0.15) is 5.10 Å². The highest BCUT2D eigenvalue weighted by atomic mass is 16.2. The van der Waals surface area contributed by atoms with E-state index in [0.717, 1.165) is 32.2 Å². The average molecular weight is 340 g/mol. The van der Waals surface area contributed by atoms with E-state index in [1.165, 1.54) is 6.33 Å². The number of aromatic nitrogens is 4. The summed E-state index contributed by atoms with van der Waals surface area (Å²) < 4.78 is 1.60. The summed E-state index contributed by atoms with van der Waals surface area (Å²) in [5.41, 5.74) is 0.610. The molecule has 130 valence electrons. The molecule has 2 aromatic rings. The van der Waals surface area contributed by atoms with Gasteiger partial charge in [0, 0.05) is 31.3 Å². The lowest BCUT2D eigenvalue weighted by molar-refractivity contribution is -0.121. The second-order valence-corrected chi connectivity index (χ2v) is 6.93. The molecular formula is C17H20N6O2. The summed E-state index contributed by atoms with van der Waals surface area (Å²) in [4.78, 5) is 32.4. The van der Waals surface area contributed by atoms with Crippen LogP contribution >= 0.6 is 0 Å². The summed E-state index contributed by atoms with van der Waals surface area (Å²) >= 11 is 0. The molecule has 0 aromatic carbocycles. The van der Waals surface area contributed by atoms with Gasteiger partial charge in [-0.05, 0) is 37.2 Å². The maximum Gasteiger partial charge on any atom is 0.227 e. The maximum atomic E-state index is 12.7. The van der Waals surface area contributed by atoms with Gasteiger partial charge >= 0.3 is 0 Å². The first-order valence-electron chi connectivity index (χ1n) is 8.53. The zero-order valence-corrected chi connectivity index (χ0v) is 13.8. The SMILES string of the molecule is O=C1CC2(CCC(C(=O)Nc3cncnc3-n3cccn3)CC2)CN1. The Kier molecular flexibility index (Phi) is 3.95. The van der Waals surface area contributed by atoms with Crippen molar-refractivity contribution >= 4 is 17.5 Å². The van der Waals surface area contributed by atoms with Gasteiger partial charge in [0.05, 0.1) is 6.20 Å². The highest BCUT2D eigenvalue weighted by Gasteiger charge is 2.42. The number of anilines is 1. The van der Waals surface area contributed by atoms with E-state index in [4.69, 9.17) is 0 Å². The molecule has 3 heterocycles. The first-order chi connectivity index (χ1) is 12.2. The second-order valence-electron chi connectivity index (χ2n) is 6.93. The lowest BCUT2D eigenvalue weighted by Crippen LogP contribution is -2.34. The van der Waals surface area contributed by atoms with Crippen molar-refractivity contribution in [2.45, 2.75) is 32.1 Å². The van der Waals surface area contributed by atoms with Crippen molar-refractivity contribution < 1.29 is 9.59 Å². The number of nitrogens with one attached hydrogen (secondary N) is 2. The van der Waals surface area contributed by atoms with Gasteiger partial charge in [-0.1, -0.05) is 0 Å². The Labute approximate surface area is 145 Å². The van der Waals surface area contributed by atoms with Crippen LogP contribution in [0.4, 0.5) is 5.69 Å². The molecule has 0 atom stereocenters. The van der Waals surface area contributed by atoms with Crippen molar-refractivity contribution in [3.8, 4) is 5.82 Å². The number of carbonyl (C=O) groups excluding carboxylic acids is 2. The minimum Gasteiger partial charge on any atom is -0.356 e. The van der Waals surface area contributed by atoms with Gasteiger partial charge in [-0.3, -0.25) is 9.59 Å². The van der Waals surface area contributed by atoms with Crippen molar-refractivity contribution in [3.63, 3.8) is 0 Å². The first kappa shape index (κ1) is 15.7. The second kappa shape index (κ2) is 6.27. The molecule has 25 heavy (non-hydrogen) atoms. The summed E-state index contributed by atoms with van der Waals surface area (Å²) in [6.45, 7) is 0.746. The third-order valence-corrected chi connectivity index (χ3v) is 5.28. The lowest BCUT2D eigenvalue weighted by atomic mass is 9.69. The molecule has 2 aliphatic rings. The molecule has 2 N–H and O–H groups in total. The summed E-state index contributed by atoms with van der Waals surface area (Å²) in [7, 11) is 0. The summed E-state index contributed by atoms with van der Waals surface area (Å²) in [6, 6.07) is 1.80. The third kappa shape index (κ3) is 3.11. The Bertz CT molecular complexity index is 780. The van der Waals surface area contributed by atoms with Crippen LogP contribution in [0, 0.1) is 11.3 Å². The molecule has 1 aliphatic carbocycles. The first-order valence-corrected chi connectivity index (χ1v) is 8.53. The molecule has 4 rings (SSSR count). The van der Waals surface area contributed by atoms with E-state index < -0.39 is 0 Å². The van der Waals surface area contributed by atoms with Crippen LogP contribution in [0.2, 0.25) is 0 Å². The van der Waals surface area contributed by atoms with E-state index in [2.05, 4.69) is 25.7 Å². The van der Waals surface area contributed by atoms with Crippen molar-refractivity contribution in [3.05, 3.63) is 31.0 Å². The summed E-state index contributed by atoms with van der Waals surface area (Å²) in [5, 5.41) is 10.0. The van der Waals surface area contributed by atoms with Crippen molar-refractivity contribution in [1.82, 2.24) is 25.1 Å². The van der Waals surface area contributed by atoms with Gasteiger partial charge in [0.1, 0.15) is 12.0 Å². The molecule has 8 nitrogen and oxygen atoms in total. The van der Waals surface area contributed by atoms with E-state index in [-0.39, 0.29) is 23.1 Å². The van der Waals surface area contributed by atoms with Gasteiger partial charge in [0.2, 0.25) is 11.8 Å². The number of carbonyl (C=O) groups is 2. The standard InChI is InChI=1S/C17H20N6O2/c24-14-8-17(10-19-14)4-2-12(3-5-17)16(25)22-13-9-18-11-20-15(13)23-7-1-6-21-23/h1,6-7,9,11-12H,2-5,8,10H2,(H,19,24)(H,22,25). The molecule has 1 saturated heterocycles. The van der Waals surface area contributed by atoms with Gasteiger partial charge < -0.3 is 10.6 Å². The Hall–Kier alpha value is -2.77. The quantitative estimate of drug-likeness (QED) is 0.877. The molecule has 2 aromatic heterocycles. The van der Waals surface area contributed by atoms with Crippen molar-refractivity contribution in [2.24, 2.45) is 11.3 Å². The molecular weight excluding hydrogens is 320 g/mol. The molecule has 0 unspecified atom stereocenters. The number of amides is 2. The zero-order valence-electron chi connectivity index (χ0n) is 13.8. The molecule has 8 heteroatoms. The largest absolute Gasteiger partial charge is 0.356 e. The van der Waals surface area contributed by atoms with Crippen LogP contribution in [0.15, 0.2) is 31.0 Å². The van der Waals surface area contributed by atoms with Crippen molar-refractivity contribution in [2.75, 3.05) is 11.9 Å². The van der Waals surface area contributed by atoms with E-state index >= 15 is 0 Å². The smallest absolute Gasteiger partial charge is 0.227 e. The molecule has 1 spiro atoms. The number of hydrogen-bond acceptors (Lipinski definition) is 5. The fourth-order valence-corrected chi connectivity index (χ4v) is 3.82. The van der Waals surface area contributed by atoms with Gasteiger partial charge in [-0.25, -0.2) is 14.6 Å². The van der Waals surface area contributed by atoms with Gasteiger partial charge in [0.15, 0.2) is 5.82 Å². The predicted octanol–water partition coefficient (Wildman–Crippen LogP) is 1.30. The van der Waals surface area contributed by atoms with Crippen molar-refractivity contribution in [1.29, 1.82) is 0 Å². The van der Waals surface area contributed by atoms with Crippen LogP contribution in [0.5, 0.6) is 0 Å². The van der Waals surface area contributed by atoms with Gasteiger partial charge in [-0.15, -0.1) is 0 Å². The van der Waals surface area contributed by atoms with E-state index in [1.807, 2.05) is 0 Å². The van der Waals surface area contributed by atoms with E-state index in [0.29, 0.717) is 17.9 Å².